The van der Waals surface area contributed by atoms with Gasteiger partial charge in [0.2, 0.25) is 10.0 Å². The lowest BCUT2D eigenvalue weighted by Gasteiger charge is -2.32. The number of nitrogens with one attached hydrogen (secondary N) is 1. The number of sulfonamides is 1. The third-order valence-electron chi connectivity index (χ3n) is 4.64. The van der Waals surface area contributed by atoms with E-state index in [0.717, 1.165) is 19.6 Å². The van der Waals surface area contributed by atoms with Crippen molar-refractivity contribution in [2.75, 3.05) is 25.9 Å². The summed E-state index contributed by atoms with van der Waals surface area (Å²) < 4.78 is 24.9. The van der Waals surface area contributed by atoms with Crippen LogP contribution >= 0.6 is 11.3 Å². The second-order valence-corrected chi connectivity index (χ2v) is 8.90. The molecule has 0 bridgehead atoms. The standard InChI is InChI=1S/C13H21N3O2S2/c1-20(17,18)15-9-11-8-13(11)2-5-16(6-3-13)10-12-14-4-7-19-12/h4,7,11,15H,2-3,5-6,8-10H2,1H3/t11-/m1/s1. The maximum Gasteiger partial charge on any atom is 0.208 e. The van der Waals surface area contributed by atoms with Crippen LogP contribution in [0.15, 0.2) is 11.6 Å². The summed E-state index contributed by atoms with van der Waals surface area (Å²) in [6.07, 6.45) is 6.65. The van der Waals surface area contributed by atoms with E-state index in [2.05, 4.69) is 14.6 Å². The minimum atomic E-state index is -3.05. The van der Waals surface area contributed by atoms with Crippen LogP contribution in [0.2, 0.25) is 0 Å². The van der Waals surface area contributed by atoms with Crippen molar-refractivity contribution in [1.29, 1.82) is 0 Å². The largest absolute Gasteiger partial charge is 0.297 e. The van der Waals surface area contributed by atoms with E-state index in [4.69, 9.17) is 0 Å². The van der Waals surface area contributed by atoms with E-state index in [1.807, 2.05) is 11.6 Å². The molecule has 1 saturated heterocycles. The maximum absolute atomic E-state index is 11.1. The van der Waals surface area contributed by atoms with E-state index in [1.54, 1.807) is 11.3 Å². The molecule has 1 atom stereocenters. The van der Waals surface area contributed by atoms with Crippen LogP contribution < -0.4 is 4.72 Å². The fourth-order valence-corrected chi connectivity index (χ4v) is 4.43. The van der Waals surface area contributed by atoms with Gasteiger partial charge in [0, 0.05) is 18.1 Å². The van der Waals surface area contributed by atoms with Crippen molar-refractivity contribution in [3.8, 4) is 0 Å². The molecule has 2 heterocycles. The molecule has 7 heteroatoms. The van der Waals surface area contributed by atoms with Crippen LogP contribution in [0.25, 0.3) is 0 Å². The molecule has 112 valence electrons. The summed E-state index contributed by atoms with van der Waals surface area (Å²) in [5.41, 5.74) is 0.414. The van der Waals surface area contributed by atoms with Gasteiger partial charge in [-0.1, -0.05) is 0 Å². The summed E-state index contributed by atoms with van der Waals surface area (Å²) in [5.74, 6) is 0.541. The lowest BCUT2D eigenvalue weighted by atomic mass is 9.91. The summed E-state index contributed by atoms with van der Waals surface area (Å²) in [5, 5.41) is 3.21. The molecular formula is C13H21N3O2S2. The summed E-state index contributed by atoms with van der Waals surface area (Å²) in [6, 6.07) is 0. The molecule has 0 unspecified atom stereocenters. The van der Waals surface area contributed by atoms with E-state index in [9.17, 15) is 8.42 Å². The molecule has 1 aliphatic heterocycles. The number of piperidine rings is 1. The average Bonchev–Trinajstić information content (AvgIpc) is 2.80. The van der Waals surface area contributed by atoms with Gasteiger partial charge in [-0.15, -0.1) is 11.3 Å². The highest BCUT2D eigenvalue weighted by Gasteiger charge is 2.54. The minimum Gasteiger partial charge on any atom is -0.297 e. The van der Waals surface area contributed by atoms with E-state index in [-0.39, 0.29) is 0 Å². The fraction of sp³-hybridized carbons (Fsp3) is 0.769. The molecule has 0 radical (unpaired) electrons. The van der Waals surface area contributed by atoms with Crippen LogP contribution in [0.4, 0.5) is 0 Å². The Bertz CT molecular complexity index is 548. The molecular weight excluding hydrogens is 294 g/mol. The Morgan fingerprint density at radius 1 is 1.50 bits per heavy atom. The number of thiazole rings is 1. The highest BCUT2D eigenvalue weighted by atomic mass is 32.2. The molecule has 1 spiro atoms. The first-order valence-corrected chi connectivity index (χ1v) is 9.79. The molecule has 20 heavy (non-hydrogen) atoms. The Morgan fingerprint density at radius 3 is 2.85 bits per heavy atom. The van der Waals surface area contributed by atoms with Gasteiger partial charge in [-0.2, -0.15) is 0 Å². The zero-order valence-corrected chi connectivity index (χ0v) is 13.3. The summed E-state index contributed by atoms with van der Waals surface area (Å²) >= 11 is 1.71. The van der Waals surface area contributed by atoms with Crippen LogP contribution in [0.1, 0.15) is 24.3 Å². The Kier molecular flexibility index (Phi) is 3.87. The SMILES string of the molecule is CS(=O)(=O)NC[C@H]1CC12CCN(Cc1nccs1)CC2. The van der Waals surface area contributed by atoms with Crippen LogP contribution in [0, 0.1) is 11.3 Å². The van der Waals surface area contributed by atoms with Gasteiger partial charge >= 0.3 is 0 Å². The van der Waals surface area contributed by atoms with Gasteiger partial charge in [0.25, 0.3) is 0 Å². The summed E-state index contributed by atoms with van der Waals surface area (Å²) in [4.78, 5) is 6.80. The molecule has 2 aliphatic rings. The lowest BCUT2D eigenvalue weighted by Crippen LogP contribution is -2.36. The molecule has 1 aromatic rings. The summed E-state index contributed by atoms with van der Waals surface area (Å²) in [7, 11) is -3.05. The molecule has 0 aromatic carbocycles. The van der Waals surface area contributed by atoms with Gasteiger partial charge < -0.3 is 0 Å². The van der Waals surface area contributed by atoms with Gasteiger partial charge in [-0.25, -0.2) is 18.1 Å². The van der Waals surface area contributed by atoms with Crippen LogP contribution in [-0.2, 0) is 16.6 Å². The van der Waals surface area contributed by atoms with Gasteiger partial charge in [-0.05, 0) is 43.7 Å². The van der Waals surface area contributed by atoms with E-state index in [0.29, 0.717) is 17.9 Å². The second-order valence-electron chi connectivity index (χ2n) is 6.09. The highest BCUT2D eigenvalue weighted by Crippen LogP contribution is 2.59. The quantitative estimate of drug-likeness (QED) is 0.889. The third kappa shape index (κ3) is 3.39. The first kappa shape index (κ1) is 14.4. The normalized spacial score (nSPS) is 25.9. The molecule has 0 amide bonds. The van der Waals surface area contributed by atoms with Crippen molar-refractivity contribution >= 4 is 21.4 Å². The first-order valence-electron chi connectivity index (χ1n) is 7.02. The Morgan fingerprint density at radius 2 is 2.25 bits per heavy atom. The number of hydrogen-bond acceptors (Lipinski definition) is 5. The average molecular weight is 315 g/mol. The first-order chi connectivity index (χ1) is 9.47. The van der Waals surface area contributed by atoms with Crippen molar-refractivity contribution in [3.63, 3.8) is 0 Å². The van der Waals surface area contributed by atoms with Gasteiger partial charge in [-0.3, -0.25) is 4.90 Å². The van der Waals surface area contributed by atoms with Crippen LogP contribution in [-0.4, -0.2) is 44.2 Å². The topological polar surface area (TPSA) is 62.3 Å². The molecule has 3 rings (SSSR count). The second kappa shape index (κ2) is 5.36. The predicted molar refractivity (Wildman–Crippen MR) is 80.0 cm³/mol. The Labute approximate surface area is 124 Å². The third-order valence-corrected chi connectivity index (χ3v) is 6.10. The molecule has 1 aromatic heterocycles. The Balaban J connectivity index is 1.45. The van der Waals surface area contributed by atoms with E-state index >= 15 is 0 Å². The molecule has 1 saturated carbocycles. The van der Waals surface area contributed by atoms with E-state index in [1.165, 1.54) is 30.5 Å². The Hall–Kier alpha value is -0.500. The highest BCUT2D eigenvalue weighted by molar-refractivity contribution is 7.88. The maximum atomic E-state index is 11.1. The van der Waals surface area contributed by atoms with Gasteiger partial charge in [0.15, 0.2) is 0 Å². The molecule has 2 fully saturated rings. The molecule has 5 nitrogen and oxygen atoms in total. The van der Waals surface area contributed by atoms with Crippen molar-refractivity contribution in [3.05, 3.63) is 16.6 Å². The zero-order valence-electron chi connectivity index (χ0n) is 11.7. The smallest absolute Gasteiger partial charge is 0.208 e. The number of nitrogens with zero attached hydrogens (tertiary/aromatic N) is 2. The number of likely N-dealkylation sites (tertiary alicyclic amines) is 1. The monoisotopic (exact) mass is 315 g/mol. The van der Waals surface area contributed by atoms with Crippen molar-refractivity contribution in [2.24, 2.45) is 11.3 Å². The minimum absolute atomic E-state index is 0.414. The molecule has 1 aliphatic carbocycles. The van der Waals surface area contributed by atoms with Crippen LogP contribution in [0.3, 0.4) is 0 Å². The number of aromatic nitrogens is 1. The summed E-state index contributed by atoms with van der Waals surface area (Å²) in [6.45, 7) is 3.79. The van der Waals surface area contributed by atoms with Gasteiger partial charge in [0.05, 0.1) is 12.8 Å². The number of rotatable bonds is 5. The van der Waals surface area contributed by atoms with Gasteiger partial charge in [0.1, 0.15) is 5.01 Å². The lowest BCUT2D eigenvalue weighted by molar-refractivity contribution is 0.156. The molecule has 1 N–H and O–H groups in total. The van der Waals surface area contributed by atoms with Crippen molar-refractivity contribution in [2.45, 2.75) is 25.8 Å². The predicted octanol–water partition coefficient (Wildman–Crippen LogP) is 1.29. The zero-order chi connectivity index (χ0) is 14.2. The number of hydrogen-bond donors (Lipinski definition) is 1. The van der Waals surface area contributed by atoms with E-state index < -0.39 is 10.0 Å². The van der Waals surface area contributed by atoms with Crippen LogP contribution in [0.5, 0.6) is 0 Å². The van der Waals surface area contributed by atoms with Crippen molar-refractivity contribution < 1.29 is 8.42 Å². The van der Waals surface area contributed by atoms with Crippen molar-refractivity contribution in [1.82, 2.24) is 14.6 Å². The fourth-order valence-electron chi connectivity index (χ4n) is 3.26.